The summed E-state index contributed by atoms with van der Waals surface area (Å²) in [5.74, 6) is -0.834. The van der Waals surface area contributed by atoms with Crippen LogP contribution in [0.15, 0.2) is 46.5 Å². The highest BCUT2D eigenvalue weighted by Gasteiger charge is 2.26. The van der Waals surface area contributed by atoms with Crippen LogP contribution in [0.3, 0.4) is 0 Å². The van der Waals surface area contributed by atoms with E-state index in [0.29, 0.717) is 5.56 Å². The van der Waals surface area contributed by atoms with Crippen molar-refractivity contribution < 1.29 is 22.7 Å². The minimum absolute atomic E-state index is 0.0168. The fourth-order valence-electron chi connectivity index (χ4n) is 2.32. The van der Waals surface area contributed by atoms with E-state index in [0.717, 1.165) is 20.2 Å². The molecule has 136 valence electrons. The van der Waals surface area contributed by atoms with Gasteiger partial charge in [0.15, 0.2) is 0 Å². The molecule has 0 aliphatic rings. The second-order valence-corrected chi connectivity index (χ2v) is 8.20. The lowest BCUT2D eigenvalue weighted by Crippen LogP contribution is -2.23. The molecule has 3 aromatic rings. The van der Waals surface area contributed by atoms with E-state index in [4.69, 9.17) is 5.11 Å². The van der Waals surface area contributed by atoms with E-state index in [9.17, 15) is 17.6 Å². The van der Waals surface area contributed by atoms with Crippen LogP contribution in [0, 0.1) is 5.95 Å². The van der Waals surface area contributed by atoms with Crippen molar-refractivity contribution >= 4 is 27.5 Å². The third-order valence-corrected chi connectivity index (χ3v) is 6.37. The second kappa shape index (κ2) is 6.84. The van der Waals surface area contributed by atoms with Gasteiger partial charge in [-0.05, 0) is 23.8 Å². The van der Waals surface area contributed by atoms with Crippen LogP contribution in [-0.2, 0) is 16.6 Å². The largest absolute Gasteiger partial charge is 0.465 e. The van der Waals surface area contributed by atoms with Crippen LogP contribution in [-0.4, -0.2) is 45.5 Å². The van der Waals surface area contributed by atoms with Gasteiger partial charge in [0, 0.05) is 31.0 Å². The van der Waals surface area contributed by atoms with Gasteiger partial charge in [-0.1, -0.05) is 0 Å². The zero-order valence-corrected chi connectivity index (χ0v) is 15.0. The lowest BCUT2D eigenvalue weighted by Gasteiger charge is -2.10. The van der Waals surface area contributed by atoms with Crippen molar-refractivity contribution in [2.24, 2.45) is 0 Å². The van der Waals surface area contributed by atoms with Gasteiger partial charge in [0.1, 0.15) is 0 Å². The summed E-state index contributed by atoms with van der Waals surface area (Å²) in [4.78, 5) is 19.4. The molecule has 0 atom stereocenters. The smallest absolute Gasteiger partial charge is 0.407 e. The molecule has 3 rings (SSSR count). The van der Waals surface area contributed by atoms with Gasteiger partial charge in [-0.25, -0.2) is 18.7 Å². The molecular weight excluding hydrogens is 383 g/mol. The molecule has 11 heteroatoms. The van der Waals surface area contributed by atoms with E-state index in [-0.39, 0.29) is 22.1 Å². The molecule has 0 aliphatic heterocycles. The van der Waals surface area contributed by atoms with Crippen LogP contribution < -0.4 is 0 Å². The van der Waals surface area contributed by atoms with Gasteiger partial charge in [-0.2, -0.15) is 12.8 Å². The summed E-state index contributed by atoms with van der Waals surface area (Å²) in [6.45, 7) is -0.0649. The number of hydrogen-bond acceptors (Lipinski definition) is 6. The van der Waals surface area contributed by atoms with Crippen LogP contribution in [0.5, 0.6) is 0 Å². The molecule has 0 spiro atoms. The molecule has 8 nitrogen and oxygen atoms in total. The average molecular weight is 396 g/mol. The molecule has 0 bridgehead atoms. The summed E-state index contributed by atoms with van der Waals surface area (Å²) in [6, 6.07) is 4.30. The predicted molar refractivity (Wildman–Crippen MR) is 91.8 cm³/mol. The van der Waals surface area contributed by atoms with E-state index < -0.39 is 22.1 Å². The van der Waals surface area contributed by atoms with Crippen molar-refractivity contribution in [1.29, 1.82) is 0 Å². The number of hydrogen-bond donors (Lipinski definition) is 1. The van der Waals surface area contributed by atoms with Crippen LogP contribution >= 0.6 is 11.3 Å². The van der Waals surface area contributed by atoms with Gasteiger partial charge < -0.3 is 10.0 Å². The zero-order valence-electron chi connectivity index (χ0n) is 13.4. The Hall–Kier alpha value is -2.79. The monoisotopic (exact) mass is 396 g/mol. The molecule has 1 N–H and O–H groups in total. The maximum atomic E-state index is 14.1. The molecule has 0 unspecified atom stereocenters. The first kappa shape index (κ1) is 18.0. The van der Waals surface area contributed by atoms with E-state index in [1.165, 1.54) is 49.2 Å². The average Bonchev–Trinajstić information content (AvgIpc) is 3.25. The number of halogens is 1. The van der Waals surface area contributed by atoms with Crippen molar-refractivity contribution in [3.63, 3.8) is 0 Å². The molecule has 1 amide bonds. The standard InChI is InChI=1S/C15H13FN4O4S2/c1-19(15(21)22)8-10-7-12(11-3-2-4-17-13(11)16)20(9-10)26(23,24)14-18-5-6-25-14/h2-7,9H,8H2,1H3,(H,21,22). The number of carbonyl (C=O) groups is 1. The first-order valence-corrected chi connectivity index (χ1v) is 9.54. The van der Waals surface area contributed by atoms with Crippen molar-refractivity contribution in [3.05, 3.63) is 53.7 Å². The maximum absolute atomic E-state index is 14.1. The number of carboxylic acid groups (broad SMARTS) is 1. The summed E-state index contributed by atoms with van der Waals surface area (Å²) in [5, 5.41) is 10.5. The van der Waals surface area contributed by atoms with Crippen molar-refractivity contribution in [2.45, 2.75) is 10.9 Å². The Bertz CT molecular complexity index is 1050. The Kier molecular flexibility index (Phi) is 4.74. The lowest BCUT2D eigenvalue weighted by molar-refractivity contribution is 0.154. The van der Waals surface area contributed by atoms with Crippen molar-refractivity contribution in [1.82, 2.24) is 18.8 Å². The first-order valence-electron chi connectivity index (χ1n) is 7.22. The maximum Gasteiger partial charge on any atom is 0.407 e. The highest BCUT2D eigenvalue weighted by atomic mass is 32.2. The quantitative estimate of drug-likeness (QED) is 0.664. The third kappa shape index (κ3) is 3.30. The van der Waals surface area contributed by atoms with Crippen LogP contribution in [0.4, 0.5) is 9.18 Å². The zero-order chi connectivity index (χ0) is 18.9. The van der Waals surface area contributed by atoms with Gasteiger partial charge in [-0.3, -0.25) is 0 Å². The molecule has 0 aliphatic carbocycles. The Morgan fingerprint density at radius 3 is 2.77 bits per heavy atom. The number of amides is 1. The topological polar surface area (TPSA) is 105 Å². The lowest BCUT2D eigenvalue weighted by atomic mass is 10.2. The third-order valence-electron chi connectivity index (χ3n) is 3.51. The fourth-order valence-corrected chi connectivity index (χ4v) is 4.62. The van der Waals surface area contributed by atoms with E-state index >= 15 is 0 Å². The molecular formula is C15H13FN4O4S2. The van der Waals surface area contributed by atoms with Gasteiger partial charge in [0.05, 0.1) is 17.8 Å². The van der Waals surface area contributed by atoms with Gasteiger partial charge in [0.25, 0.3) is 10.0 Å². The number of rotatable bonds is 5. The Balaban J connectivity index is 2.17. The number of nitrogens with zero attached hydrogens (tertiary/aromatic N) is 4. The SMILES string of the molecule is CN(Cc1cc(-c2cccnc2F)n(S(=O)(=O)c2nccs2)c1)C(=O)O. The summed E-state index contributed by atoms with van der Waals surface area (Å²) in [6.07, 6.45) is 2.69. The van der Waals surface area contributed by atoms with E-state index in [2.05, 4.69) is 9.97 Å². The summed E-state index contributed by atoms with van der Waals surface area (Å²) >= 11 is 0.927. The van der Waals surface area contributed by atoms with Crippen LogP contribution in [0.25, 0.3) is 11.3 Å². The number of pyridine rings is 1. The molecule has 0 aromatic carbocycles. The normalized spacial score (nSPS) is 11.5. The molecule has 0 saturated heterocycles. The molecule has 0 radical (unpaired) electrons. The van der Waals surface area contributed by atoms with Gasteiger partial charge >= 0.3 is 6.09 Å². The van der Waals surface area contributed by atoms with Crippen LogP contribution in [0.1, 0.15) is 5.56 Å². The van der Waals surface area contributed by atoms with Gasteiger partial charge in [0.2, 0.25) is 10.3 Å². The Labute approximate surface area is 152 Å². The predicted octanol–water partition coefficient (Wildman–Crippen LogP) is 2.49. The highest BCUT2D eigenvalue weighted by Crippen LogP contribution is 2.29. The molecule has 26 heavy (non-hydrogen) atoms. The minimum Gasteiger partial charge on any atom is -0.465 e. The van der Waals surface area contributed by atoms with E-state index in [1.54, 1.807) is 0 Å². The molecule has 3 aromatic heterocycles. The van der Waals surface area contributed by atoms with E-state index in [1.807, 2.05) is 0 Å². The Morgan fingerprint density at radius 2 is 2.15 bits per heavy atom. The second-order valence-electron chi connectivity index (χ2n) is 5.31. The number of aromatic nitrogens is 3. The summed E-state index contributed by atoms with van der Waals surface area (Å²) in [7, 11) is -2.72. The number of thiazole rings is 1. The summed E-state index contributed by atoms with van der Waals surface area (Å²) in [5.41, 5.74) is 0.407. The van der Waals surface area contributed by atoms with Crippen molar-refractivity contribution in [3.8, 4) is 11.3 Å². The first-order chi connectivity index (χ1) is 12.3. The molecule has 0 fully saturated rings. The Morgan fingerprint density at radius 1 is 1.38 bits per heavy atom. The van der Waals surface area contributed by atoms with Gasteiger partial charge in [-0.15, -0.1) is 11.3 Å². The molecule has 0 saturated carbocycles. The highest BCUT2D eigenvalue weighted by molar-refractivity contribution is 7.92. The minimum atomic E-state index is -4.06. The molecule has 3 heterocycles. The van der Waals surface area contributed by atoms with Crippen molar-refractivity contribution in [2.75, 3.05) is 7.05 Å². The fraction of sp³-hybridized carbons (Fsp3) is 0.133. The summed E-state index contributed by atoms with van der Waals surface area (Å²) < 4.78 is 40.6. The van der Waals surface area contributed by atoms with Crippen LogP contribution in [0.2, 0.25) is 0 Å².